The normalized spacial score (nSPS) is 9.94. The SMILES string of the molecule is CCCCCCCCO.CCCCOC(=O)c1ccccc1C(=O)OCCCC.OCCNCCO. The van der Waals surface area contributed by atoms with Crippen LogP contribution in [0.5, 0.6) is 0 Å². The first kappa shape index (κ1) is 36.2. The summed E-state index contributed by atoms with van der Waals surface area (Å²) in [5.74, 6) is -0.942. The standard InChI is InChI=1S/C16H22O4.C8H18O.C4H11NO2/c1-3-5-11-19-15(17)13-9-7-8-10-14(13)16(18)20-12-6-4-2;1-2-3-4-5-6-7-8-9;6-3-1-5-2-4-7/h7-10H,3-6,11-12H2,1-2H3;9H,2-8H2,1H3;5-7H,1-4H2. The maximum atomic E-state index is 11.9. The number of carbonyl (C=O) groups excluding carboxylic acids is 2. The zero-order valence-corrected chi connectivity index (χ0v) is 22.8. The van der Waals surface area contributed by atoms with Gasteiger partial charge in [-0.3, -0.25) is 0 Å². The minimum Gasteiger partial charge on any atom is -0.462 e. The smallest absolute Gasteiger partial charge is 0.339 e. The van der Waals surface area contributed by atoms with Crippen LogP contribution >= 0.6 is 0 Å². The molecule has 1 aromatic rings. The molecule has 0 aliphatic rings. The summed E-state index contributed by atoms with van der Waals surface area (Å²) in [6.45, 7) is 8.78. The summed E-state index contributed by atoms with van der Waals surface area (Å²) in [6, 6.07) is 6.59. The Kier molecular flexibility index (Phi) is 29.4. The van der Waals surface area contributed by atoms with Crippen molar-refractivity contribution in [3.63, 3.8) is 0 Å². The van der Waals surface area contributed by atoms with E-state index >= 15 is 0 Å². The first-order valence-electron chi connectivity index (χ1n) is 13.5. The van der Waals surface area contributed by atoms with Crippen molar-refractivity contribution in [1.82, 2.24) is 5.32 Å². The van der Waals surface area contributed by atoms with E-state index in [1.807, 2.05) is 13.8 Å². The maximum Gasteiger partial charge on any atom is 0.339 e. The van der Waals surface area contributed by atoms with Gasteiger partial charge in [-0.1, -0.05) is 77.8 Å². The molecule has 210 valence electrons. The third-order valence-corrected chi connectivity index (χ3v) is 4.92. The molecular weight excluding hydrogens is 462 g/mol. The second-order valence-corrected chi connectivity index (χ2v) is 8.21. The third kappa shape index (κ3) is 22.5. The van der Waals surface area contributed by atoms with Crippen molar-refractivity contribution >= 4 is 11.9 Å². The molecule has 0 saturated heterocycles. The minimum absolute atomic E-state index is 0.139. The Morgan fingerprint density at radius 1 is 0.639 bits per heavy atom. The molecule has 0 unspecified atom stereocenters. The van der Waals surface area contributed by atoms with Gasteiger partial charge in [0, 0.05) is 19.7 Å². The Bertz CT molecular complexity index is 575. The number of aliphatic hydroxyl groups excluding tert-OH is 3. The molecule has 0 heterocycles. The van der Waals surface area contributed by atoms with E-state index < -0.39 is 11.9 Å². The van der Waals surface area contributed by atoms with Crippen LogP contribution in [0.15, 0.2) is 24.3 Å². The zero-order chi connectivity index (χ0) is 27.3. The van der Waals surface area contributed by atoms with Crippen molar-refractivity contribution in [2.75, 3.05) is 46.1 Å². The number of benzene rings is 1. The molecular formula is C28H51NO7. The fourth-order valence-corrected chi connectivity index (χ4v) is 2.79. The van der Waals surface area contributed by atoms with E-state index in [1.165, 1.54) is 32.1 Å². The number of hydrogen-bond acceptors (Lipinski definition) is 8. The predicted octanol–water partition coefficient (Wildman–Crippen LogP) is 4.50. The highest BCUT2D eigenvalue weighted by Gasteiger charge is 2.18. The molecule has 0 saturated carbocycles. The van der Waals surface area contributed by atoms with Crippen molar-refractivity contribution in [3.05, 3.63) is 35.4 Å². The van der Waals surface area contributed by atoms with Crippen LogP contribution < -0.4 is 5.32 Å². The molecule has 0 bridgehead atoms. The van der Waals surface area contributed by atoms with Gasteiger partial charge in [0.25, 0.3) is 0 Å². The van der Waals surface area contributed by atoms with Crippen LogP contribution in [-0.4, -0.2) is 73.4 Å². The number of ether oxygens (including phenoxy) is 2. The molecule has 0 fully saturated rings. The summed E-state index contributed by atoms with van der Waals surface area (Å²) in [5.41, 5.74) is 0.537. The summed E-state index contributed by atoms with van der Waals surface area (Å²) in [7, 11) is 0. The van der Waals surface area contributed by atoms with Crippen LogP contribution in [0.3, 0.4) is 0 Å². The van der Waals surface area contributed by atoms with Crippen LogP contribution in [-0.2, 0) is 9.47 Å². The molecule has 1 rings (SSSR count). The van der Waals surface area contributed by atoms with Crippen LogP contribution in [0.4, 0.5) is 0 Å². The molecule has 4 N–H and O–H groups in total. The molecule has 0 amide bonds. The predicted molar refractivity (Wildman–Crippen MR) is 144 cm³/mol. The molecule has 36 heavy (non-hydrogen) atoms. The zero-order valence-electron chi connectivity index (χ0n) is 22.8. The minimum atomic E-state index is -0.471. The molecule has 8 nitrogen and oxygen atoms in total. The van der Waals surface area contributed by atoms with Gasteiger partial charge in [-0.2, -0.15) is 0 Å². The van der Waals surface area contributed by atoms with E-state index in [4.69, 9.17) is 24.8 Å². The second-order valence-electron chi connectivity index (χ2n) is 8.21. The first-order valence-corrected chi connectivity index (χ1v) is 13.5. The number of aliphatic hydroxyl groups is 3. The third-order valence-electron chi connectivity index (χ3n) is 4.92. The number of rotatable bonds is 18. The second kappa shape index (κ2) is 29.2. The molecule has 0 spiro atoms. The summed E-state index contributed by atoms with van der Waals surface area (Å²) in [4.78, 5) is 23.9. The van der Waals surface area contributed by atoms with Crippen molar-refractivity contribution in [2.24, 2.45) is 0 Å². The van der Waals surface area contributed by atoms with Crippen LogP contribution in [0.2, 0.25) is 0 Å². The highest BCUT2D eigenvalue weighted by Crippen LogP contribution is 2.12. The Balaban J connectivity index is 0. The molecule has 8 heteroatoms. The number of nitrogens with one attached hydrogen (secondary N) is 1. The maximum absolute atomic E-state index is 11.9. The van der Waals surface area contributed by atoms with E-state index in [9.17, 15) is 9.59 Å². The topological polar surface area (TPSA) is 125 Å². The molecule has 0 atom stereocenters. The highest BCUT2D eigenvalue weighted by molar-refractivity contribution is 6.03. The fourth-order valence-electron chi connectivity index (χ4n) is 2.79. The molecule has 0 aliphatic carbocycles. The van der Waals surface area contributed by atoms with E-state index in [2.05, 4.69) is 12.2 Å². The van der Waals surface area contributed by atoms with Gasteiger partial charge in [-0.05, 0) is 31.4 Å². The molecule has 1 aromatic carbocycles. The number of hydrogen-bond donors (Lipinski definition) is 4. The largest absolute Gasteiger partial charge is 0.462 e. The van der Waals surface area contributed by atoms with Gasteiger partial charge in [0.1, 0.15) is 0 Å². The summed E-state index contributed by atoms with van der Waals surface area (Å²) < 4.78 is 10.3. The highest BCUT2D eigenvalue weighted by atomic mass is 16.5. The summed E-state index contributed by atoms with van der Waals surface area (Å²) in [5, 5.41) is 27.5. The van der Waals surface area contributed by atoms with E-state index in [0.717, 1.165) is 32.1 Å². The van der Waals surface area contributed by atoms with E-state index in [-0.39, 0.29) is 24.3 Å². The Morgan fingerprint density at radius 2 is 1.06 bits per heavy atom. The summed E-state index contributed by atoms with van der Waals surface area (Å²) in [6.07, 6.45) is 11.0. The summed E-state index contributed by atoms with van der Waals surface area (Å²) >= 11 is 0. The Morgan fingerprint density at radius 3 is 1.44 bits per heavy atom. The van der Waals surface area contributed by atoms with Crippen LogP contribution in [0.25, 0.3) is 0 Å². The van der Waals surface area contributed by atoms with Gasteiger partial charge in [-0.15, -0.1) is 0 Å². The lowest BCUT2D eigenvalue weighted by Gasteiger charge is -2.09. The van der Waals surface area contributed by atoms with Gasteiger partial charge in [0.15, 0.2) is 0 Å². The van der Waals surface area contributed by atoms with Gasteiger partial charge in [-0.25, -0.2) is 9.59 Å². The number of unbranched alkanes of at least 4 members (excludes halogenated alkanes) is 7. The number of esters is 2. The van der Waals surface area contributed by atoms with Gasteiger partial charge in [0.05, 0.1) is 37.6 Å². The van der Waals surface area contributed by atoms with Crippen molar-refractivity contribution in [3.8, 4) is 0 Å². The van der Waals surface area contributed by atoms with Crippen molar-refractivity contribution in [2.45, 2.75) is 85.0 Å². The Labute approximate surface area is 218 Å². The Hall–Kier alpha value is -2.00. The van der Waals surface area contributed by atoms with E-state index in [1.54, 1.807) is 24.3 Å². The number of carbonyl (C=O) groups is 2. The lowest BCUT2D eigenvalue weighted by molar-refractivity contribution is 0.0452. The van der Waals surface area contributed by atoms with Gasteiger partial charge >= 0.3 is 11.9 Å². The molecule has 0 aliphatic heterocycles. The van der Waals surface area contributed by atoms with E-state index in [0.29, 0.717) is 32.9 Å². The van der Waals surface area contributed by atoms with Crippen molar-refractivity contribution in [1.29, 1.82) is 0 Å². The fraction of sp³-hybridized carbons (Fsp3) is 0.714. The molecule has 0 aromatic heterocycles. The lowest BCUT2D eigenvalue weighted by atomic mass is 10.1. The average molecular weight is 514 g/mol. The lowest BCUT2D eigenvalue weighted by Crippen LogP contribution is -2.21. The van der Waals surface area contributed by atoms with Crippen LogP contribution in [0, 0.1) is 0 Å². The van der Waals surface area contributed by atoms with Gasteiger partial charge < -0.3 is 30.1 Å². The average Bonchev–Trinajstić information content (AvgIpc) is 2.90. The first-order chi connectivity index (χ1) is 17.5. The van der Waals surface area contributed by atoms with Gasteiger partial charge in [0.2, 0.25) is 0 Å². The monoisotopic (exact) mass is 513 g/mol. The quantitative estimate of drug-likeness (QED) is 0.167. The van der Waals surface area contributed by atoms with Crippen molar-refractivity contribution < 1.29 is 34.4 Å². The van der Waals surface area contributed by atoms with Crippen LogP contribution in [0.1, 0.15) is 106 Å². The molecule has 0 radical (unpaired) electrons.